The van der Waals surface area contributed by atoms with Crippen LogP contribution in [0.3, 0.4) is 0 Å². The Morgan fingerprint density at radius 1 is 0.727 bits per heavy atom. The average molecular weight is 448 g/mol. The summed E-state index contributed by atoms with van der Waals surface area (Å²) in [7, 11) is 0. The molecule has 0 aliphatic carbocycles. The van der Waals surface area contributed by atoms with Crippen molar-refractivity contribution in [3.05, 3.63) is 108 Å². The second-order valence-corrected chi connectivity index (χ2v) is 8.77. The average Bonchev–Trinajstić information content (AvgIpc) is 2.88. The fourth-order valence-corrected chi connectivity index (χ4v) is 4.19. The van der Waals surface area contributed by atoms with E-state index in [9.17, 15) is 5.11 Å². The lowest BCUT2D eigenvalue weighted by atomic mass is 9.84. The van der Waals surface area contributed by atoms with Gasteiger partial charge < -0.3 is 24.6 Å². The first kappa shape index (κ1) is 23.6. The minimum atomic E-state index is -0.650. The quantitative estimate of drug-likeness (QED) is 0.490. The van der Waals surface area contributed by atoms with E-state index in [4.69, 9.17) is 14.2 Å². The molecule has 174 valence electrons. The smallest absolute Gasteiger partial charge is 0.113 e. The van der Waals surface area contributed by atoms with Gasteiger partial charge in [0.2, 0.25) is 0 Å². The molecule has 1 heterocycles. The molecule has 2 N–H and O–H groups in total. The van der Waals surface area contributed by atoms with Gasteiger partial charge in [0.15, 0.2) is 0 Å². The Kier molecular flexibility index (Phi) is 8.26. The van der Waals surface area contributed by atoms with Crippen LogP contribution in [-0.4, -0.2) is 42.1 Å². The van der Waals surface area contributed by atoms with Gasteiger partial charge in [-0.05, 0) is 23.6 Å². The van der Waals surface area contributed by atoms with E-state index in [1.54, 1.807) is 0 Å². The summed E-state index contributed by atoms with van der Waals surface area (Å²) in [5, 5.41) is 13.7. The molecule has 1 aliphatic rings. The van der Waals surface area contributed by atoms with Gasteiger partial charge in [-0.3, -0.25) is 0 Å². The molecule has 33 heavy (non-hydrogen) atoms. The normalized spacial score (nSPS) is 25.1. The second kappa shape index (κ2) is 11.5. The van der Waals surface area contributed by atoms with Gasteiger partial charge in [-0.2, -0.15) is 0 Å². The molecule has 0 aromatic heterocycles. The zero-order chi connectivity index (χ0) is 22.9. The van der Waals surface area contributed by atoms with Crippen molar-refractivity contribution < 1.29 is 19.3 Å². The Labute approximate surface area is 196 Å². The third-order valence-electron chi connectivity index (χ3n) is 6.19. The standard InChI is InChI=1S/C28H33NO4/c1-28(21-30)27(33-20-24-15-9-4-10-16-24)26(32-19-23-13-7-3-8-14-23)25(17-29-28)31-18-22-11-5-2-6-12-22/h2-16,25-27,29-30H,17-21H2,1H3/t25-,26+,27+,28-/m1/s1. The Morgan fingerprint density at radius 3 is 1.67 bits per heavy atom. The number of hydrogen-bond acceptors (Lipinski definition) is 5. The van der Waals surface area contributed by atoms with E-state index < -0.39 is 11.6 Å². The van der Waals surface area contributed by atoms with E-state index in [1.807, 2.05) is 85.8 Å². The summed E-state index contributed by atoms with van der Waals surface area (Å²) >= 11 is 0. The molecular weight excluding hydrogens is 414 g/mol. The molecule has 0 spiro atoms. The molecule has 0 saturated carbocycles. The van der Waals surface area contributed by atoms with Gasteiger partial charge in [-0.25, -0.2) is 0 Å². The highest BCUT2D eigenvalue weighted by Crippen LogP contribution is 2.29. The SMILES string of the molecule is C[C@]1(CO)NC[C@@H](OCc2ccccc2)[C@H](OCc2ccccc2)[C@@H]1OCc1ccccc1. The molecule has 3 aromatic rings. The maximum atomic E-state index is 10.3. The number of nitrogens with one attached hydrogen (secondary N) is 1. The Bertz CT molecular complexity index is 953. The fourth-order valence-electron chi connectivity index (χ4n) is 4.19. The van der Waals surface area contributed by atoms with Crippen LogP contribution in [0.4, 0.5) is 0 Å². The number of benzene rings is 3. The van der Waals surface area contributed by atoms with Gasteiger partial charge in [0, 0.05) is 6.54 Å². The van der Waals surface area contributed by atoms with E-state index in [-0.39, 0.29) is 18.8 Å². The summed E-state index contributed by atoms with van der Waals surface area (Å²) in [6, 6.07) is 30.3. The third kappa shape index (κ3) is 6.28. The summed E-state index contributed by atoms with van der Waals surface area (Å²) in [4.78, 5) is 0. The largest absolute Gasteiger partial charge is 0.394 e. The van der Waals surface area contributed by atoms with Crippen molar-refractivity contribution in [1.82, 2.24) is 5.32 Å². The molecule has 0 radical (unpaired) electrons. The maximum absolute atomic E-state index is 10.3. The van der Waals surface area contributed by atoms with E-state index >= 15 is 0 Å². The topological polar surface area (TPSA) is 60.0 Å². The van der Waals surface area contributed by atoms with Gasteiger partial charge in [-0.1, -0.05) is 91.0 Å². The summed E-state index contributed by atoms with van der Waals surface area (Å²) in [6.45, 7) is 3.84. The Balaban J connectivity index is 1.53. The third-order valence-corrected chi connectivity index (χ3v) is 6.19. The van der Waals surface area contributed by atoms with Gasteiger partial charge >= 0.3 is 0 Å². The Morgan fingerprint density at radius 2 is 1.18 bits per heavy atom. The molecule has 3 aromatic carbocycles. The summed E-state index contributed by atoms with van der Waals surface area (Å²) in [6.07, 6.45) is -0.980. The molecule has 0 amide bonds. The number of piperidine rings is 1. The van der Waals surface area contributed by atoms with Gasteiger partial charge in [0.25, 0.3) is 0 Å². The molecule has 1 aliphatic heterocycles. The first-order valence-corrected chi connectivity index (χ1v) is 11.5. The van der Waals surface area contributed by atoms with Crippen molar-refractivity contribution in [1.29, 1.82) is 0 Å². The summed E-state index contributed by atoms with van der Waals surface area (Å²) < 4.78 is 19.2. The predicted molar refractivity (Wildman–Crippen MR) is 129 cm³/mol. The van der Waals surface area contributed by atoms with Crippen LogP contribution < -0.4 is 5.32 Å². The highest BCUT2D eigenvalue weighted by molar-refractivity contribution is 5.16. The number of hydrogen-bond donors (Lipinski definition) is 2. The number of aliphatic hydroxyl groups excluding tert-OH is 1. The maximum Gasteiger partial charge on any atom is 0.113 e. The van der Waals surface area contributed by atoms with Crippen molar-refractivity contribution in [3.63, 3.8) is 0 Å². The highest BCUT2D eigenvalue weighted by Gasteiger charge is 2.48. The van der Waals surface area contributed by atoms with E-state index in [2.05, 4.69) is 17.4 Å². The van der Waals surface area contributed by atoms with Crippen LogP contribution in [0.2, 0.25) is 0 Å². The molecule has 5 nitrogen and oxygen atoms in total. The Hall–Kier alpha value is -2.54. The lowest BCUT2D eigenvalue weighted by Gasteiger charge is -2.48. The lowest BCUT2D eigenvalue weighted by molar-refractivity contribution is -0.197. The van der Waals surface area contributed by atoms with Crippen LogP contribution in [0.5, 0.6) is 0 Å². The second-order valence-electron chi connectivity index (χ2n) is 8.77. The van der Waals surface area contributed by atoms with Gasteiger partial charge in [-0.15, -0.1) is 0 Å². The summed E-state index contributed by atoms with van der Waals surface area (Å²) in [5.41, 5.74) is 2.62. The molecule has 0 bridgehead atoms. The molecule has 4 rings (SSSR count). The number of ether oxygens (including phenoxy) is 3. The fraction of sp³-hybridized carbons (Fsp3) is 0.357. The number of rotatable bonds is 10. The van der Waals surface area contributed by atoms with Crippen molar-refractivity contribution >= 4 is 0 Å². The van der Waals surface area contributed by atoms with Crippen LogP contribution in [0.25, 0.3) is 0 Å². The van der Waals surface area contributed by atoms with Crippen LogP contribution in [-0.2, 0) is 34.0 Å². The van der Waals surface area contributed by atoms with Crippen LogP contribution in [0.15, 0.2) is 91.0 Å². The van der Waals surface area contributed by atoms with Crippen molar-refractivity contribution in [2.75, 3.05) is 13.2 Å². The van der Waals surface area contributed by atoms with Crippen LogP contribution >= 0.6 is 0 Å². The van der Waals surface area contributed by atoms with E-state index in [0.717, 1.165) is 16.7 Å². The predicted octanol–water partition coefficient (Wildman–Crippen LogP) is 4.10. The van der Waals surface area contributed by atoms with Crippen molar-refractivity contribution in [3.8, 4) is 0 Å². The first-order valence-electron chi connectivity index (χ1n) is 11.5. The minimum absolute atomic E-state index is 0.0664. The van der Waals surface area contributed by atoms with Crippen LogP contribution in [0, 0.1) is 0 Å². The number of aliphatic hydroxyl groups is 1. The van der Waals surface area contributed by atoms with Gasteiger partial charge in [0.05, 0.1) is 38.1 Å². The molecule has 5 heteroatoms. The highest BCUT2D eigenvalue weighted by atomic mass is 16.6. The van der Waals surface area contributed by atoms with Crippen LogP contribution in [0.1, 0.15) is 23.6 Å². The van der Waals surface area contributed by atoms with Crippen molar-refractivity contribution in [2.45, 2.75) is 50.6 Å². The minimum Gasteiger partial charge on any atom is -0.394 e. The first-order chi connectivity index (χ1) is 16.2. The zero-order valence-corrected chi connectivity index (χ0v) is 19.1. The van der Waals surface area contributed by atoms with E-state index in [1.165, 1.54) is 0 Å². The molecule has 0 unspecified atom stereocenters. The lowest BCUT2D eigenvalue weighted by Crippen LogP contribution is -2.69. The molecule has 1 saturated heterocycles. The zero-order valence-electron chi connectivity index (χ0n) is 19.1. The molecule has 1 fully saturated rings. The van der Waals surface area contributed by atoms with Crippen molar-refractivity contribution in [2.24, 2.45) is 0 Å². The summed E-state index contributed by atoms with van der Waals surface area (Å²) in [5.74, 6) is 0. The molecular formula is C28H33NO4. The van der Waals surface area contributed by atoms with Gasteiger partial charge in [0.1, 0.15) is 12.2 Å². The molecule has 4 atom stereocenters. The van der Waals surface area contributed by atoms with E-state index in [0.29, 0.717) is 26.4 Å². The monoisotopic (exact) mass is 447 g/mol.